The summed E-state index contributed by atoms with van der Waals surface area (Å²) in [6.07, 6.45) is 1.83. The third-order valence-electron chi connectivity index (χ3n) is 4.47. The van der Waals surface area contributed by atoms with Crippen LogP contribution in [0.1, 0.15) is 30.1 Å². The van der Waals surface area contributed by atoms with E-state index in [9.17, 15) is 4.79 Å². The monoisotopic (exact) mass is 288 g/mol. The van der Waals surface area contributed by atoms with Gasteiger partial charge in [-0.05, 0) is 25.3 Å². The highest BCUT2D eigenvalue weighted by Crippen LogP contribution is 2.35. The summed E-state index contributed by atoms with van der Waals surface area (Å²) in [6.45, 7) is 6.26. The molecular weight excluding hydrogens is 264 g/mol. The second-order valence-corrected chi connectivity index (χ2v) is 6.03. The summed E-state index contributed by atoms with van der Waals surface area (Å²) in [5.41, 5.74) is 2.37. The molecule has 1 N–H and O–H groups in total. The molecule has 2 saturated heterocycles. The molecule has 2 aliphatic rings. The zero-order valence-corrected chi connectivity index (χ0v) is 12.7. The highest BCUT2D eigenvalue weighted by Gasteiger charge is 2.35. The van der Waals surface area contributed by atoms with E-state index in [1.54, 1.807) is 0 Å². The van der Waals surface area contributed by atoms with Crippen molar-refractivity contribution in [3.05, 3.63) is 35.4 Å². The number of carbonyl (C=O) groups excluding carboxylic acids is 1. The third-order valence-corrected chi connectivity index (χ3v) is 4.47. The van der Waals surface area contributed by atoms with Gasteiger partial charge in [-0.15, -0.1) is 0 Å². The van der Waals surface area contributed by atoms with Crippen LogP contribution in [-0.4, -0.2) is 43.6 Å². The van der Waals surface area contributed by atoms with E-state index in [0.717, 1.165) is 51.2 Å². The molecule has 114 valence electrons. The fourth-order valence-electron chi connectivity index (χ4n) is 3.24. The van der Waals surface area contributed by atoms with Gasteiger partial charge < -0.3 is 15.0 Å². The summed E-state index contributed by atoms with van der Waals surface area (Å²) in [4.78, 5) is 14.8. The van der Waals surface area contributed by atoms with E-state index in [2.05, 4.69) is 36.5 Å². The van der Waals surface area contributed by atoms with Crippen molar-refractivity contribution < 1.29 is 9.53 Å². The van der Waals surface area contributed by atoms with Crippen LogP contribution in [0.2, 0.25) is 0 Å². The van der Waals surface area contributed by atoms with E-state index in [-0.39, 0.29) is 17.9 Å². The Balaban J connectivity index is 1.77. The van der Waals surface area contributed by atoms with Gasteiger partial charge in [0.2, 0.25) is 5.91 Å². The Morgan fingerprint density at radius 2 is 1.95 bits per heavy atom. The fraction of sp³-hybridized carbons (Fsp3) is 0.588. The maximum atomic E-state index is 12.8. The highest BCUT2D eigenvalue weighted by molar-refractivity contribution is 5.80. The van der Waals surface area contributed by atoms with Gasteiger partial charge in [-0.1, -0.05) is 29.8 Å². The predicted octanol–water partition coefficient (Wildman–Crippen LogP) is 1.89. The van der Waals surface area contributed by atoms with Crippen LogP contribution >= 0.6 is 0 Å². The quantitative estimate of drug-likeness (QED) is 0.903. The topological polar surface area (TPSA) is 41.6 Å². The molecule has 1 amide bonds. The van der Waals surface area contributed by atoms with Crippen molar-refractivity contribution in [2.75, 3.05) is 32.8 Å². The summed E-state index contributed by atoms with van der Waals surface area (Å²) in [5.74, 6) is 0.237. The lowest BCUT2D eigenvalue weighted by atomic mass is 9.88. The second-order valence-electron chi connectivity index (χ2n) is 6.03. The number of aryl methyl sites for hydroxylation is 1. The smallest absolute Gasteiger partial charge is 0.228 e. The number of benzene rings is 1. The standard InChI is InChI=1S/C17H24N2O2/c1-13-4-6-14(7-5-13)16-15(3-2-12-21-16)17(20)19-10-8-18-9-11-19/h4-7,15-16,18H,2-3,8-12H2,1H3. The van der Waals surface area contributed by atoms with Crippen LogP contribution in [0, 0.1) is 12.8 Å². The van der Waals surface area contributed by atoms with E-state index >= 15 is 0 Å². The maximum absolute atomic E-state index is 12.8. The van der Waals surface area contributed by atoms with Gasteiger partial charge in [-0.3, -0.25) is 4.79 Å². The molecule has 4 nitrogen and oxygen atoms in total. The van der Waals surface area contributed by atoms with E-state index in [0.29, 0.717) is 0 Å². The molecular formula is C17H24N2O2. The molecule has 2 heterocycles. The van der Waals surface area contributed by atoms with Crippen molar-refractivity contribution >= 4 is 5.91 Å². The first-order valence-corrected chi connectivity index (χ1v) is 7.93. The molecule has 2 aliphatic heterocycles. The number of piperazine rings is 1. The second kappa shape index (κ2) is 6.58. The molecule has 0 radical (unpaired) electrons. The minimum Gasteiger partial charge on any atom is -0.373 e. The van der Waals surface area contributed by atoms with Crippen molar-refractivity contribution in [1.29, 1.82) is 0 Å². The van der Waals surface area contributed by atoms with Crippen LogP contribution in [0.15, 0.2) is 24.3 Å². The molecule has 0 aliphatic carbocycles. The highest BCUT2D eigenvalue weighted by atomic mass is 16.5. The van der Waals surface area contributed by atoms with E-state index < -0.39 is 0 Å². The predicted molar refractivity (Wildman–Crippen MR) is 82.0 cm³/mol. The molecule has 0 saturated carbocycles. The molecule has 4 heteroatoms. The van der Waals surface area contributed by atoms with Gasteiger partial charge in [0, 0.05) is 32.8 Å². The first-order chi connectivity index (χ1) is 10.3. The van der Waals surface area contributed by atoms with Crippen molar-refractivity contribution in [3.63, 3.8) is 0 Å². The van der Waals surface area contributed by atoms with Crippen LogP contribution in [0.4, 0.5) is 0 Å². The van der Waals surface area contributed by atoms with E-state index in [1.165, 1.54) is 5.56 Å². The largest absolute Gasteiger partial charge is 0.373 e. The van der Waals surface area contributed by atoms with Crippen LogP contribution in [0.3, 0.4) is 0 Å². The first-order valence-electron chi connectivity index (χ1n) is 7.93. The molecule has 2 unspecified atom stereocenters. The molecule has 1 aromatic carbocycles. The lowest BCUT2D eigenvalue weighted by Crippen LogP contribution is -2.50. The molecule has 0 bridgehead atoms. The molecule has 2 atom stereocenters. The average Bonchev–Trinajstić information content (AvgIpc) is 2.56. The number of ether oxygens (including phenoxy) is 1. The zero-order chi connectivity index (χ0) is 14.7. The zero-order valence-electron chi connectivity index (χ0n) is 12.7. The number of hydrogen-bond donors (Lipinski definition) is 1. The van der Waals surface area contributed by atoms with Gasteiger partial charge in [0.25, 0.3) is 0 Å². The Hall–Kier alpha value is -1.39. The average molecular weight is 288 g/mol. The number of amides is 1. The molecule has 1 aromatic rings. The molecule has 0 aromatic heterocycles. The molecule has 21 heavy (non-hydrogen) atoms. The van der Waals surface area contributed by atoms with E-state index in [4.69, 9.17) is 4.74 Å². The van der Waals surface area contributed by atoms with Crippen molar-refractivity contribution in [1.82, 2.24) is 10.2 Å². The normalized spacial score (nSPS) is 26.6. The lowest BCUT2D eigenvalue weighted by Gasteiger charge is -2.36. The maximum Gasteiger partial charge on any atom is 0.228 e. The van der Waals surface area contributed by atoms with Gasteiger partial charge in [-0.2, -0.15) is 0 Å². The van der Waals surface area contributed by atoms with Gasteiger partial charge >= 0.3 is 0 Å². The Morgan fingerprint density at radius 1 is 1.24 bits per heavy atom. The number of hydrogen-bond acceptors (Lipinski definition) is 3. The Morgan fingerprint density at radius 3 is 2.67 bits per heavy atom. The summed E-state index contributed by atoms with van der Waals surface area (Å²) in [5, 5.41) is 3.30. The Kier molecular flexibility index (Phi) is 4.56. The van der Waals surface area contributed by atoms with Gasteiger partial charge in [0.05, 0.1) is 12.0 Å². The van der Waals surface area contributed by atoms with Crippen molar-refractivity contribution in [3.8, 4) is 0 Å². The minimum atomic E-state index is -0.0817. The molecule has 3 rings (SSSR count). The van der Waals surface area contributed by atoms with Crippen LogP contribution in [0.25, 0.3) is 0 Å². The number of nitrogens with one attached hydrogen (secondary N) is 1. The number of rotatable bonds is 2. The lowest BCUT2D eigenvalue weighted by molar-refractivity contribution is -0.146. The van der Waals surface area contributed by atoms with Crippen LogP contribution in [-0.2, 0) is 9.53 Å². The van der Waals surface area contributed by atoms with Crippen molar-refractivity contribution in [2.45, 2.75) is 25.9 Å². The third kappa shape index (κ3) is 3.27. The number of nitrogens with zero attached hydrogens (tertiary/aromatic N) is 1. The summed E-state index contributed by atoms with van der Waals surface area (Å²) < 4.78 is 5.97. The van der Waals surface area contributed by atoms with Gasteiger partial charge in [0.1, 0.15) is 0 Å². The summed E-state index contributed by atoms with van der Waals surface area (Å²) in [7, 11) is 0. The molecule has 0 spiro atoms. The van der Waals surface area contributed by atoms with Gasteiger partial charge in [-0.25, -0.2) is 0 Å². The Labute approximate surface area is 126 Å². The van der Waals surface area contributed by atoms with E-state index in [1.807, 2.05) is 4.90 Å². The van der Waals surface area contributed by atoms with Crippen molar-refractivity contribution in [2.24, 2.45) is 5.92 Å². The first kappa shape index (κ1) is 14.5. The summed E-state index contributed by atoms with van der Waals surface area (Å²) >= 11 is 0. The summed E-state index contributed by atoms with van der Waals surface area (Å²) in [6, 6.07) is 8.39. The molecule has 2 fully saturated rings. The minimum absolute atomic E-state index is 0.0282. The Bertz CT molecular complexity index is 480. The van der Waals surface area contributed by atoms with Crippen LogP contribution in [0.5, 0.6) is 0 Å². The number of carbonyl (C=O) groups is 1. The van der Waals surface area contributed by atoms with Crippen LogP contribution < -0.4 is 5.32 Å². The fourth-order valence-corrected chi connectivity index (χ4v) is 3.24. The van der Waals surface area contributed by atoms with Gasteiger partial charge in [0.15, 0.2) is 0 Å². The SMILES string of the molecule is Cc1ccc(C2OCCCC2C(=O)N2CCNCC2)cc1.